The van der Waals surface area contributed by atoms with Crippen LogP contribution in [0.1, 0.15) is 18.0 Å². The van der Waals surface area contributed by atoms with E-state index >= 15 is 0 Å². The van der Waals surface area contributed by atoms with Crippen LogP contribution in [-0.2, 0) is 0 Å². The van der Waals surface area contributed by atoms with E-state index in [0.29, 0.717) is 6.04 Å². The molecular formula is C9H10BrCl2N. The summed E-state index contributed by atoms with van der Waals surface area (Å²) in [5.41, 5.74) is 1.21. The van der Waals surface area contributed by atoms with Crippen molar-refractivity contribution in [2.45, 2.75) is 12.5 Å². The minimum absolute atomic E-state index is 0. The lowest BCUT2D eigenvalue weighted by molar-refractivity contribution is 0.383. The maximum absolute atomic E-state index is 6.07. The predicted octanol–water partition coefficient (Wildman–Crippen LogP) is 3.56. The van der Waals surface area contributed by atoms with Crippen LogP contribution in [0.25, 0.3) is 0 Å². The molecule has 0 unspecified atom stereocenters. The van der Waals surface area contributed by atoms with Gasteiger partial charge >= 0.3 is 0 Å². The Morgan fingerprint density at radius 1 is 1.46 bits per heavy atom. The highest BCUT2D eigenvalue weighted by Gasteiger charge is 2.20. The summed E-state index contributed by atoms with van der Waals surface area (Å²) in [4.78, 5) is 0. The Hall–Kier alpha value is 0.240. The molecule has 1 aliphatic heterocycles. The predicted molar refractivity (Wildman–Crippen MR) is 61.8 cm³/mol. The molecule has 1 aliphatic rings. The molecule has 0 amide bonds. The molecule has 1 fully saturated rings. The van der Waals surface area contributed by atoms with E-state index in [1.54, 1.807) is 0 Å². The Bertz CT molecular complexity index is 300. The number of rotatable bonds is 1. The zero-order chi connectivity index (χ0) is 8.55. The van der Waals surface area contributed by atoms with E-state index in [2.05, 4.69) is 27.3 Å². The molecule has 0 spiro atoms. The molecule has 1 heterocycles. The average molecular weight is 283 g/mol. The van der Waals surface area contributed by atoms with Crippen molar-refractivity contribution >= 4 is 39.9 Å². The maximum Gasteiger partial charge on any atom is 0.0465 e. The Balaban J connectivity index is 0.000000845. The van der Waals surface area contributed by atoms with Gasteiger partial charge in [0.1, 0.15) is 0 Å². The minimum Gasteiger partial charge on any atom is -0.310 e. The summed E-state index contributed by atoms with van der Waals surface area (Å²) in [6.07, 6.45) is 1.20. The molecule has 1 saturated heterocycles. The summed E-state index contributed by atoms with van der Waals surface area (Å²) in [7, 11) is 0. The van der Waals surface area contributed by atoms with E-state index in [9.17, 15) is 0 Å². The number of halogens is 3. The number of hydrogen-bond acceptors (Lipinski definition) is 1. The van der Waals surface area contributed by atoms with Crippen LogP contribution in [-0.4, -0.2) is 6.54 Å². The smallest absolute Gasteiger partial charge is 0.0465 e. The van der Waals surface area contributed by atoms with Crippen LogP contribution in [0.5, 0.6) is 0 Å². The van der Waals surface area contributed by atoms with Gasteiger partial charge in [0.15, 0.2) is 0 Å². The van der Waals surface area contributed by atoms with Crippen LogP contribution in [0.3, 0.4) is 0 Å². The first kappa shape index (κ1) is 11.3. The fourth-order valence-electron chi connectivity index (χ4n) is 1.34. The van der Waals surface area contributed by atoms with Gasteiger partial charge < -0.3 is 5.32 Å². The summed E-state index contributed by atoms with van der Waals surface area (Å²) in [5.74, 6) is 0. The van der Waals surface area contributed by atoms with Gasteiger partial charge in [-0.1, -0.05) is 33.6 Å². The molecule has 13 heavy (non-hydrogen) atoms. The van der Waals surface area contributed by atoms with Gasteiger partial charge in [0, 0.05) is 15.5 Å². The lowest BCUT2D eigenvalue weighted by Gasteiger charge is -2.28. The summed E-state index contributed by atoms with van der Waals surface area (Å²) < 4.78 is 1.04. The Labute approximate surface area is 97.4 Å². The molecule has 0 saturated carbocycles. The van der Waals surface area contributed by atoms with Crippen molar-refractivity contribution in [3.63, 3.8) is 0 Å². The molecule has 72 valence electrons. The Morgan fingerprint density at radius 3 is 2.62 bits per heavy atom. The SMILES string of the molecule is Cl.Clc1cc(Br)ccc1[C@H]1CCN1. The molecule has 0 aromatic heterocycles. The van der Waals surface area contributed by atoms with Crippen LogP contribution in [0.4, 0.5) is 0 Å². The van der Waals surface area contributed by atoms with E-state index in [0.717, 1.165) is 16.0 Å². The first-order valence-electron chi connectivity index (χ1n) is 3.96. The fraction of sp³-hybridized carbons (Fsp3) is 0.333. The van der Waals surface area contributed by atoms with Crippen LogP contribution in [0, 0.1) is 0 Å². The first-order valence-corrected chi connectivity index (χ1v) is 5.13. The minimum atomic E-state index is 0. The lowest BCUT2D eigenvalue weighted by atomic mass is 9.98. The standard InChI is InChI=1S/C9H9BrClN.ClH/c10-6-1-2-7(8(11)5-6)9-3-4-12-9;/h1-2,5,9,12H,3-4H2;1H/t9-;/m1./s1. The molecule has 1 N–H and O–H groups in total. The summed E-state index contributed by atoms with van der Waals surface area (Å²) >= 11 is 9.45. The van der Waals surface area contributed by atoms with Gasteiger partial charge in [0.2, 0.25) is 0 Å². The van der Waals surface area contributed by atoms with Crippen LogP contribution < -0.4 is 5.32 Å². The number of nitrogens with one attached hydrogen (secondary N) is 1. The van der Waals surface area contributed by atoms with Gasteiger partial charge in [0.25, 0.3) is 0 Å². The highest BCUT2D eigenvalue weighted by Crippen LogP contribution is 2.30. The van der Waals surface area contributed by atoms with E-state index < -0.39 is 0 Å². The van der Waals surface area contributed by atoms with Gasteiger partial charge in [-0.15, -0.1) is 12.4 Å². The van der Waals surface area contributed by atoms with Crippen molar-refractivity contribution in [2.75, 3.05) is 6.54 Å². The third kappa shape index (κ3) is 2.38. The Morgan fingerprint density at radius 2 is 2.15 bits per heavy atom. The van der Waals surface area contributed by atoms with Crippen molar-refractivity contribution in [2.24, 2.45) is 0 Å². The van der Waals surface area contributed by atoms with Crippen LogP contribution >= 0.6 is 39.9 Å². The molecule has 1 aromatic rings. The van der Waals surface area contributed by atoms with E-state index in [-0.39, 0.29) is 12.4 Å². The van der Waals surface area contributed by atoms with Gasteiger partial charge in [0.05, 0.1) is 0 Å². The van der Waals surface area contributed by atoms with E-state index in [4.69, 9.17) is 11.6 Å². The molecule has 1 atom stereocenters. The second-order valence-electron chi connectivity index (χ2n) is 2.96. The monoisotopic (exact) mass is 281 g/mol. The maximum atomic E-state index is 6.07. The zero-order valence-corrected chi connectivity index (χ0v) is 10.0. The van der Waals surface area contributed by atoms with Gasteiger partial charge in [-0.2, -0.15) is 0 Å². The van der Waals surface area contributed by atoms with Gasteiger partial charge in [-0.25, -0.2) is 0 Å². The van der Waals surface area contributed by atoms with Crippen molar-refractivity contribution < 1.29 is 0 Å². The van der Waals surface area contributed by atoms with E-state index in [1.807, 2.05) is 12.1 Å². The molecule has 4 heteroatoms. The second kappa shape index (κ2) is 4.65. The van der Waals surface area contributed by atoms with Crippen LogP contribution in [0.15, 0.2) is 22.7 Å². The van der Waals surface area contributed by atoms with Crippen molar-refractivity contribution in [1.82, 2.24) is 5.32 Å². The molecular weight excluding hydrogens is 273 g/mol. The zero-order valence-electron chi connectivity index (χ0n) is 6.89. The topological polar surface area (TPSA) is 12.0 Å². The molecule has 2 rings (SSSR count). The van der Waals surface area contributed by atoms with Crippen LogP contribution in [0.2, 0.25) is 5.02 Å². The molecule has 0 bridgehead atoms. The molecule has 0 aliphatic carbocycles. The third-order valence-corrected chi connectivity index (χ3v) is 2.98. The average Bonchev–Trinajstić information content (AvgIpc) is 1.91. The van der Waals surface area contributed by atoms with Gasteiger partial charge in [-0.05, 0) is 30.7 Å². The summed E-state index contributed by atoms with van der Waals surface area (Å²) in [5, 5.41) is 4.17. The highest BCUT2D eigenvalue weighted by molar-refractivity contribution is 9.10. The van der Waals surface area contributed by atoms with Crippen molar-refractivity contribution in [1.29, 1.82) is 0 Å². The van der Waals surface area contributed by atoms with Crippen molar-refractivity contribution in [3.8, 4) is 0 Å². The second-order valence-corrected chi connectivity index (χ2v) is 4.28. The Kier molecular flexibility index (Phi) is 4.05. The third-order valence-electron chi connectivity index (χ3n) is 2.16. The first-order chi connectivity index (χ1) is 5.77. The number of hydrogen-bond donors (Lipinski definition) is 1. The fourth-order valence-corrected chi connectivity index (χ4v) is 2.14. The lowest BCUT2D eigenvalue weighted by Crippen LogP contribution is -2.35. The molecule has 0 radical (unpaired) electrons. The van der Waals surface area contributed by atoms with E-state index in [1.165, 1.54) is 12.0 Å². The van der Waals surface area contributed by atoms with Crippen molar-refractivity contribution in [3.05, 3.63) is 33.3 Å². The van der Waals surface area contributed by atoms with Gasteiger partial charge in [-0.3, -0.25) is 0 Å². The highest BCUT2D eigenvalue weighted by atomic mass is 79.9. The number of benzene rings is 1. The molecule has 1 aromatic carbocycles. The normalized spacial score (nSPS) is 20.3. The largest absolute Gasteiger partial charge is 0.310 e. The summed E-state index contributed by atoms with van der Waals surface area (Å²) in [6, 6.07) is 6.52. The molecule has 1 nitrogen and oxygen atoms in total. The quantitative estimate of drug-likeness (QED) is 0.831. The summed E-state index contributed by atoms with van der Waals surface area (Å²) in [6.45, 7) is 1.11.